The summed E-state index contributed by atoms with van der Waals surface area (Å²) in [6.07, 6.45) is -4.32. The Labute approximate surface area is 143 Å². The lowest BCUT2D eigenvalue weighted by Crippen LogP contribution is -2.41. The lowest BCUT2D eigenvalue weighted by molar-refractivity contribution is -0.137. The van der Waals surface area contributed by atoms with Crippen molar-refractivity contribution in [1.82, 2.24) is 0 Å². The first-order valence-electron chi connectivity index (χ1n) is 7.61. The predicted octanol–water partition coefficient (Wildman–Crippen LogP) is 4.73. The van der Waals surface area contributed by atoms with Gasteiger partial charge in [0.1, 0.15) is 0 Å². The highest BCUT2D eigenvalue weighted by molar-refractivity contribution is 7.21. The Morgan fingerprint density at radius 1 is 0.917 bits per heavy atom. The van der Waals surface area contributed by atoms with Crippen molar-refractivity contribution in [3.05, 3.63) is 41.3 Å². The molecule has 1 aromatic heterocycles. The van der Waals surface area contributed by atoms with Crippen LogP contribution in [0.4, 0.5) is 13.2 Å². The second-order valence-corrected chi connectivity index (χ2v) is 7.84. The normalized spacial score (nSPS) is 19.7. The number of hydrogen-bond acceptors (Lipinski definition) is 3. The van der Waals surface area contributed by atoms with Crippen LogP contribution in [0.3, 0.4) is 0 Å². The zero-order chi connectivity index (χ0) is 17.8. The van der Waals surface area contributed by atoms with Crippen LogP contribution in [0.25, 0.3) is 11.1 Å². The van der Waals surface area contributed by atoms with Gasteiger partial charge in [-0.3, -0.25) is 0 Å². The molecule has 2 nitrogen and oxygen atoms in total. The molecular formula is C17H18BF3O2S. The van der Waals surface area contributed by atoms with Crippen molar-refractivity contribution in [3.8, 4) is 11.1 Å². The highest BCUT2D eigenvalue weighted by atomic mass is 32.1. The Bertz CT molecular complexity index is 719. The van der Waals surface area contributed by atoms with Crippen LogP contribution in [0.2, 0.25) is 0 Å². The number of rotatable bonds is 2. The number of hydrogen-bond donors (Lipinski definition) is 0. The minimum absolute atomic E-state index is 0.420. The van der Waals surface area contributed by atoms with E-state index in [1.807, 2.05) is 39.1 Å². The van der Waals surface area contributed by atoms with Crippen molar-refractivity contribution in [2.45, 2.75) is 45.1 Å². The molecule has 1 aliphatic heterocycles. The van der Waals surface area contributed by atoms with E-state index >= 15 is 0 Å². The minimum Gasteiger partial charge on any atom is -0.399 e. The van der Waals surface area contributed by atoms with Crippen molar-refractivity contribution in [3.63, 3.8) is 0 Å². The minimum atomic E-state index is -4.32. The topological polar surface area (TPSA) is 18.5 Å². The van der Waals surface area contributed by atoms with E-state index in [2.05, 4.69) is 0 Å². The summed E-state index contributed by atoms with van der Waals surface area (Å²) < 4.78 is 50.8. The van der Waals surface area contributed by atoms with E-state index in [0.717, 1.165) is 28.0 Å². The van der Waals surface area contributed by atoms with Crippen LogP contribution >= 0.6 is 11.3 Å². The summed E-state index contributed by atoms with van der Waals surface area (Å²) in [5, 5.41) is 1.91. The van der Waals surface area contributed by atoms with Crippen molar-refractivity contribution < 1.29 is 22.5 Å². The van der Waals surface area contributed by atoms with E-state index in [-0.39, 0.29) is 0 Å². The van der Waals surface area contributed by atoms with Gasteiger partial charge in [0.05, 0.1) is 16.8 Å². The Kier molecular flexibility index (Phi) is 4.09. The molecule has 0 atom stereocenters. The van der Waals surface area contributed by atoms with Gasteiger partial charge in [-0.1, -0.05) is 12.1 Å². The van der Waals surface area contributed by atoms with Gasteiger partial charge in [-0.15, -0.1) is 0 Å². The molecule has 128 valence electrons. The number of benzene rings is 1. The molecule has 1 aliphatic rings. The third-order valence-corrected chi connectivity index (χ3v) is 5.61. The van der Waals surface area contributed by atoms with Gasteiger partial charge in [0.15, 0.2) is 0 Å². The average Bonchev–Trinajstić information content (AvgIpc) is 3.02. The van der Waals surface area contributed by atoms with Gasteiger partial charge in [-0.05, 0) is 62.4 Å². The Morgan fingerprint density at radius 2 is 1.46 bits per heavy atom. The molecule has 2 heterocycles. The molecule has 0 N–H and O–H groups in total. The molecule has 24 heavy (non-hydrogen) atoms. The fourth-order valence-corrected chi connectivity index (χ4v) is 3.31. The molecule has 1 aromatic carbocycles. The van der Waals surface area contributed by atoms with Crippen LogP contribution in [-0.2, 0) is 15.5 Å². The van der Waals surface area contributed by atoms with Gasteiger partial charge >= 0.3 is 13.3 Å². The molecule has 1 saturated heterocycles. The van der Waals surface area contributed by atoms with E-state index in [1.54, 1.807) is 0 Å². The molecule has 0 spiro atoms. The van der Waals surface area contributed by atoms with Gasteiger partial charge in [-0.25, -0.2) is 0 Å². The van der Waals surface area contributed by atoms with Gasteiger partial charge < -0.3 is 9.31 Å². The second kappa shape index (κ2) is 5.61. The van der Waals surface area contributed by atoms with Crippen LogP contribution in [0.5, 0.6) is 0 Å². The summed E-state index contributed by atoms with van der Waals surface area (Å²) in [4.78, 5) is 0. The molecule has 0 unspecified atom stereocenters. The first kappa shape index (κ1) is 17.5. The fraction of sp³-hybridized carbons (Fsp3) is 0.412. The van der Waals surface area contributed by atoms with Crippen LogP contribution in [0.1, 0.15) is 33.3 Å². The lowest BCUT2D eigenvalue weighted by atomic mass is 9.87. The third kappa shape index (κ3) is 3.12. The van der Waals surface area contributed by atoms with Gasteiger partial charge in [0.2, 0.25) is 0 Å². The maximum atomic E-state index is 12.6. The van der Waals surface area contributed by atoms with Crippen LogP contribution in [-0.4, -0.2) is 18.3 Å². The smallest absolute Gasteiger partial charge is 0.399 e. The van der Waals surface area contributed by atoms with E-state index in [1.165, 1.54) is 23.5 Å². The van der Waals surface area contributed by atoms with Crippen molar-refractivity contribution in [1.29, 1.82) is 0 Å². The summed E-state index contributed by atoms with van der Waals surface area (Å²) in [7, 11) is -0.455. The highest BCUT2D eigenvalue weighted by Crippen LogP contribution is 2.37. The molecule has 0 amide bonds. The third-order valence-electron chi connectivity index (χ3n) is 4.65. The molecule has 7 heteroatoms. The molecule has 2 aromatic rings. The molecular weight excluding hydrogens is 336 g/mol. The molecule has 3 rings (SSSR count). The van der Waals surface area contributed by atoms with Gasteiger partial charge in [0.25, 0.3) is 0 Å². The zero-order valence-corrected chi connectivity index (χ0v) is 14.7. The Morgan fingerprint density at radius 3 is 1.96 bits per heavy atom. The van der Waals surface area contributed by atoms with Gasteiger partial charge in [0, 0.05) is 4.78 Å². The van der Waals surface area contributed by atoms with E-state index in [0.29, 0.717) is 0 Å². The van der Waals surface area contributed by atoms with Crippen molar-refractivity contribution in [2.24, 2.45) is 0 Å². The fourth-order valence-electron chi connectivity index (χ4n) is 2.44. The molecule has 0 bridgehead atoms. The molecule has 1 fully saturated rings. The van der Waals surface area contributed by atoms with E-state index < -0.39 is 30.1 Å². The summed E-state index contributed by atoms with van der Waals surface area (Å²) in [6, 6.07) is 7.08. The van der Waals surface area contributed by atoms with Crippen molar-refractivity contribution >= 4 is 23.2 Å². The second-order valence-electron chi connectivity index (χ2n) is 6.90. The van der Waals surface area contributed by atoms with E-state index in [9.17, 15) is 13.2 Å². The van der Waals surface area contributed by atoms with Crippen LogP contribution in [0, 0.1) is 0 Å². The number of alkyl halides is 3. The molecule has 0 aliphatic carbocycles. The lowest BCUT2D eigenvalue weighted by Gasteiger charge is -2.32. The predicted molar refractivity (Wildman–Crippen MR) is 90.5 cm³/mol. The first-order chi connectivity index (χ1) is 11.0. The number of thiophene rings is 1. The SMILES string of the molecule is CC1(C)OB(c2cc(-c3ccc(C(F)(F)F)cc3)cs2)OC1(C)C. The van der Waals surface area contributed by atoms with Crippen LogP contribution < -0.4 is 4.78 Å². The molecule has 0 radical (unpaired) electrons. The summed E-state index contributed by atoms with van der Waals surface area (Å²) >= 11 is 1.48. The first-order valence-corrected chi connectivity index (χ1v) is 8.49. The Balaban J connectivity index is 1.82. The molecule has 0 saturated carbocycles. The average molecular weight is 354 g/mol. The van der Waals surface area contributed by atoms with E-state index in [4.69, 9.17) is 9.31 Å². The van der Waals surface area contributed by atoms with Gasteiger partial charge in [-0.2, -0.15) is 24.5 Å². The van der Waals surface area contributed by atoms with Crippen LogP contribution in [0.15, 0.2) is 35.7 Å². The maximum Gasteiger partial charge on any atom is 0.505 e. The summed E-state index contributed by atoms with van der Waals surface area (Å²) in [5.74, 6) is 0. The Hall–Kier alpha value is -1.31. The quantitative estimate of drug-likeness (QED) is 0.726. The monoisotopic (exact) mass is 354 g/mol. The van der Waals surface area contributed by atoms with Crippen molar-refractivity contribution in [2.75, 3.05) is 0 Å². The highest BCUT2D eigenvalue weighted by Gasteiger charge is 2.52. The largest absolute Gasteiger partial charge is 0.505 e. The summed E-state index contributed by atoms with van der Waals surface area (Å²) in [5.41, 5.74) is 0.111. The maximum absolute atomic E-state index is 12.6. The zero-order valence-electron chi connectivity index (χ0n) is 13.9. The number of halogens is 3. The standard InChI is InChI=1S/C17H18BF3O2S/c1-15(2)16(3,4)23-18(22-15)14-9-12(10-24-14)11-5-7-13(8-6-11)17(19,20)21/h5-10H,1-4H3. The summed E-state index contributed by atoms with van der Waals surface area (Å²) in [6.45, 7) is 7.93.